The van der Waals surface area contributed by atoms with E-state index in [1.165, 1.54) is 0 Å². The molecule has 3 N–H and O–H groups in total. The van der Waals surface area contributed by atoms with Crippen LogP contribution in [0.25, 0.3) is 11.1 Å². The number of benzene rings is 2. The quantitative estimate of drug-likeness (QED) is 0.347. The number of aromatic amines is 1. The van der Waals surface area contributed by atoms with Gasteiger partial charge in [-0.15, -0.1) is 0 Å². The molecule has 0 spiro atoms. The van der Waals surface area contributed by atoms with Crippen LogP contribution < -0.4 is 19.5 Å². The number of aliphatic carboxylic acids is 1. The van der Waals surface area contributed by atoms with E-state index in [0.29, 0.717) is 37.0 Å². The number of rotatable bonds is 8. The van der Waals surface area contributed by atoms with Crippen molar-refractivity contribution in [2.24, 2.45) is 11.8 Å². The molecule has 1 aromatic heterocycles. The maximum atomic E-state index is 13.1. The van der Waals surface area contributed by atoms with Crippen molar-refractivity contribution in [2.75, 3.05) is 25.6 Å². The van der Waals surface area contributed by atoms with Crippen molar-refractivity contribution in [1.29, 1.82) is 0 Å². The highest BCUT2D eigenvalue weighted by Gasteiger charge is 2.38. The Kier molecular flexibility index (Phi) is 9.80. The average molecular weight is 550 g/mol. The third kappa shape index (κ3) is 8.39. The molecule has 2 aromatic carbocycles. The van der Waals surface area contributed by atoms with Gasteiger partial charge in [-0.05, 0) is 60.2 Å². The van der Waals surface area contributed by atoms with Gasteiger partial charge in [0.25, 0.3) is 0 Å². The van der Waals surface area contributed by atoms with Gasteiger partial charge in [-0.3, -0.25) is 9.89 Å². The Morgan fingerprint density at radius 1 is 1.21 bits per heavy atom. The van der Waals surface area contributed by atoms with Crippen molar-refractivity contribution in [3.05, 3.63) is 54.4 Å². The summed E-state index contributed by atoms with van der Waals surface area (Å²) in [5, 5.41) is 17.0. The van der Waals surface area contributed by atoms with Gasteiger partial charge in [0.2, 0.25) is 5.91 Å². The standard InChI is InChI=1S/C25H29N3O4.C2HF3O2/c1-16(2)8-9-31-24-12-17(20-13-26-27-14-20)4-6-22(24)28-25(29)19-10-18-11-21(30-3)5-7-23(18)32-15-19;3-2(4,5)1(6)7/h4-7,11-14,16,19H,8-10,15H2,1-3H3,(H,26,27)(H,28,29);(H,6,7). The summed E-state index contributed by atoms with van der Waals surface area (Å²) >= 11 is 0. The topological polar surface area (TPSA) is 123 Å². The zero-order valence-electron chi connectivity index (χ0n) is 21.7. The molecule has 12 heteroatoms. The number of methoxy groups -OCH3 is 1. The van der Waals surface area contributed by atoms with Crippen LogP contribution in [0, 0.1) is 11.8 Å². The third-order valence-corrected chi connectivity index (χ3v) is 5.81. The highest BCUT2D eigenvalue weighted by molar-refractivity contribution is 5.95. The van der Waals surface area contributed by atoms with Crippen LogP contribution in [0.4, 0.5) is 18.9 Å². The fraction of sp³-hybridized carbons (Fsp3) is 0.370. The number of hydrogen-bond acceptors (Lipinski definition) is 6. The number of nitrogens with zero attached hydrogens (tertiary/aromatic N) is 1. The van der Waals surface area contributed by atoms with Gasteiger partial charge in [-0.2, -0.15) is 18.3 Å². The van der Waals surface area contributed by atoms with Gasteiger partial charge >= 0.3 is 12.1 Å². The molecule has 0 bridgehead atoms. The minimum atomic E-state index is -5.08. The fourth-order valence-electron chi connectivity index (χ4n) is 3.64. The van der Waals surface area contributed by atoms with E-state index in [1.54, 1.807) is 13.3 Å². The predicted molar refractivity (Wildman–Crippen MR) is 137 cm³/mol. The first-order valence-electron chi connectivity index (χ1n) is 12.1. The fourth-order valence-corrected chi connectivity index (χ4v) is 3.64. The van der Waals surface area contributed by atoms with Crippen LogP contribution in [0.5, 0.6) is 17.2 Å². The summed E-state index contributed by atoms with van der Waals surface area (Å²) in [5.74, 6) is -0.415. The Balaban J connectivity index is 0.000000532. The van der Waals surface area contributed by atoms with Gasteiger partial charge in [-0.25, -0.2) is 4.79 Å². The van der Waals surface area contributed by atoms with Crippen molar-refractivity contribution in [3.63, 3.8) is 0 Å². The summed E-state index contributed by atoms with van der Waals surface area (Å²) in [6.07, 6.45) is 0.0283. The highest BCUT2D eigenvalue weighted by atomic mass is 19.4. The minimum absolute atomic E-state index is 0.0942. The molecule has 0 saturated carbocycles. The lowest BCUT2D eigenvalue weighted by Crippen LogP contribution is -2.32. The number of H-pyrrole nitrogens is 1. The van der Waals surface area contributed by atoms with Crippen molar-refractivity contribution >= 4 is 17.6 Å². The lowest BCUT2D eigenvalue weighted by Gasteiger charge is -2.25. The first-order valence-corrected chi connectivity index (χ1v) is 12.1. The Morgan fingerprint density at radius 3 is 2.56 bits per heavy atom. The van der Waals surface area contributed by atoms with E-state index in [1.807, 2.05) is 42.6 Å². The Morgan fingerprint density at radius 2 is 1.95 bits per heavy atom. The monoisotopic (exact) mass is 549 g/mol. The largest absolute Gasteiger partial charge is 0.497 e. The summed E-state index contributed by atoms with van der Waals surface area (Å²) in [4.78, 5) is 22.0. The summed E-state index contributed by atoms with van der Waals surface area (Å²) in [6, 6.07) is 11.4. The number of nitrogens with one attached hydrogen (secondary N) is 2. The molecule has 210 valence electrons. The Hall–Kier alpha value is -4.22. The molecule has 1 amide bonds. The molecule has 39 heavy (non-hydrogen) atoms. The van der Waals surface area contributed by atoms with E-state index < -0.39 is 12.1 Å². The smallest absolute Gasteiger partial charge is 0.490 e. The van der Waals surface area contributed by atoms with Gasteiger partial charge in [0.1, 0.15) is 23.9 Å². The first kappa shape index (κ1) is 29.3. The van der Waals surface area contributed by atoms with Crippen LogP contribution in [-0.4, -0.2) is 53.7 Å². The summed E-state index contributed by atoms with van der Waals surface area (Å²) < 4.78 is 48.9. The maximum Gasteiger partial charge on any atom is 0.490 e. The molecule has 1 aliphatic heterocycles. The molecule has 1 atom stereocenters. The number of hydrogen-bond donors (Lipinski definition) is 3. The van der Waals surface area contributed by atoms with Gasteiger partial charge in [0.15, 0.2) is 0 Å². The number of alkyl halides is 3. The van der Waals surface area contributed by atoms with Crippen LogP contribution in [0.15, 0.2) is 48.8 Å². The lowest BCUT2D eigenvalue weighted by atomic mass is 9.95. The zero-order valence-corrected chi connectivity index (χ0v) is 21.7. The molecule has 3 aromatic rings. The van der Waals surface area contributed by atoms with Gasteiger partial charge in [0, 0.05) is 11.8 Å². The molecule has 1 unspecified atom stereocenters. The number of carbonyl (C=O) groups is 2. The Bertz CT molecular complexity index is 1260. The molecule has 9 nitrogen and oxygen atoms in total. The van der Waals surface area contributed by atoms with Crippen molar-refractivity contribution in [3.8, 4) is 28.4 Å². The number of carboxylic acids is 1. The summed E-state index contributed by atoms with van der Waals surface area (Å²) in [6.45, 7) is 5.23. The molecule has 4 rings (SSSR count). The molecule has 0 radical (unpaired) electrons. The molecular weight excluding hydrogens is 519 g/mol. The summed E-state index contributed by atoms with van der Waals surface area (Å²) in [7, 11) is 1.63. The number of fused-ring (bicyclic) bond motifs is 1. The maximum absolute atomic E-state index is 13.1. The average Bonchev–Trinajstić information content (AvgIpc) is 3.43. The molecule has 0 fully saturated rings. The normalized spacial score (nSPS) is 14.4. The minimum Gasteiger partial charge on any atom is -0.497 e. The number of aromatic nitrogens is 2. The highest BCUT2D eigenvalue weighted by Crippen LogP contribution is 2.34. The lowest BCUT2D eigenvalue weighted by molar-refractivity contribution is -0.192. The number of carbonyl (C=O) groups excluding carboxylic acids is 1. The van der Waals surface area contributed by atoms with Crippen LogP contribution >= 0.6 is 0 Å². The molecule has 0 saturated heterocycles. The third-order valence-electron chi connectivity index (χ3n) is 5.81. The van der Waals surface area contributed by atoms with Crippen molar-refractivity contribution < 1.29 is 42.1 Å². The SMILES string of the molecule is COc1ccc2c(c1)CC(C(=O)Nc1ccc(-c3cn[nH]c3)cc1OCCC(C)C)CO2.O=C(O)C(F)(F)F. The van der Waals surface area contributed by atoms with Gasteiger partial charge in [0.05, 0.1) is 31.5 Å². The Labute approximate surface area is 223 Å². The van der Waals surface area contributed by atoms with Crippen LogP contribution in [0.3, 0.4) is 0 Å². The molecule has 1 aliphatic rings. The van der Waals surface area contributed by atoms with E-state index in [9.17, 15) is 18.0 Å². The van der Waals surface area contributed by atoms with E-state index in [4.69, 9.17) is 24.1 Å². The number of carboxylic acid groups (broad SMARTS) is 1. The second-order valence-corrected chi connectivity index (χ2v) is 9.21. The van der Waals surface area contributed by atoms with E-state index in [0.717, 1.165) is 34.6 Å². The molecule has 2 heterocycles. The first-order chi connectivity index (χ1) is 18.5. The number of halogens is 3. The van der Waals surface area contributed by atoms with E-state index >= 15 is 0 Å². The molecular formula is C27H30F3N3O6. The van der Waals surface area contributed by atoms with Crippen LogP contribution in [0.1, 0.15) is 25.8 Å². The van der Waals surface area contributed by atoms with Gasteiger partial charge in [-0.1, -0.05) is 19.9 Å². The van der Waals surface area contributed by atoms with Crippen molar-refractivity contribution in [1.82, 2.24) is 10.2 Å². The molecule has 0 aliphatic carbocycles. The van der Waals surface area contributed by atoms with Crippen molar-refractivity contribution in [2.45, 2.75) is 32.9 Å². The van der Waals surface area contributed by atoms with Gasteiger partial charge < -0.3 is 24.6 Å². The zero-order chi connectivity index (χ0) is 28.6. The predicted octanol–water partition coefficient (Wildman–Crippen LogP) is 5.33. The number of anilines is 1. The van der Waals surface area contributed by atoms with Crippen LogP contribution in [-0.2, 0) is 16.0 Å². The number of ether oxygens (including phenoxy) is 3. The van der Waals surface area contributed by atoms with E-state index in [2.05, 4.69) is 29.4 Å². The van der Waals surface area contributed by atoms with E-state index in [-0.39, 0.29) is 11.8 Å². The number of amides is 1. The summed E-state index contributed by atoms with van der Waals surface area (Å²) in [5.41, 5.74) is 3.56. The second-order valence-electron chi connectivity index (χ2n) is 9.21. The van der Waals surface area contributed by atoms with Crippen LogP contribution in [0.2, 0.25) is 0 Å². The second kappa shape index (κ2) is 13.0.